The van der Waals surface area contributed by atoms with E-state index in [2.05, 4.69) is 25.7 Å². The average Bonchev–Trinajstić information content (AvgIpc) is 2.77. The van der Waals surface area contributed by atoms with Crippen LogP contribution in [0.15, 0.2) is 36.4 Å². The number of anilines is 2. The summed E-state index contributed by atoms with van der Waals surface area (Å²) in [7, 11) is 1.53. The summed E-state index contributed by atoms with van der Waals surface area (Å²) in [6, 6.07) is 10.2. The highest BCUT2D eigenvalue weighted by atomic mass is 19.4. The second-order valence-corrected chi connectivity index (χ2v) is 7.47. The van der Waals surface area contributed by atoms with Crippen molar-refractivity contribution >= 4 is 22.3 Å². The van der Waals surface area contributed by atoms with Crippen molar-refractivity contribution < 1.29 is 17.9 Å². The minimum atomic E-state index is -4.38. The van der Waals surface area contributed by atoms with E-state index in [1.807, 2.05) is 18.2 Å². The van der Waals surface area contributed by atoms with Crippen molar-refractivity contribution in [3.8, 4) is 5.88 Å². The summed E-state index contributed by atoms with van der Waals surface area (Å²) in [5.41, 5.74) is 1.19. The fourth-order valence-corrected chi connectivity index (χ4v) is 3.88. The summed E-state index contributed by atoms with van der Waals surface area (Å²) in [4.78, 5) is 2.28. The molecule has 1 fully saturated rings. The third-order valence-electron chi connectivity index (χ3n) is 5.60. The summed E-state index contributed by atoms with van der Waals surface area (Å²) < 4.78 is 45.1. The van der Waals surface area contributed by atoms with Gasteiger partial charge in [-0.25, -0.2) is 0 Å². The van der Waals surface area contributed by atoms with Crippen LogP contribution in [-0.2, 0) is 12.7 Å². The van der Waals surface area contributed by atoms with Gasteiger partial charge >= 0.3 is 6.18 Å². The van der Waals surface area contributed by atoms with Crippen molar-refractivity contribution in [1.29, 1.82) is 0 Å². The number of benzene rings is 2. The molecule has 2 aromatic carbocycles. The van der Waals surface area contributed by atoms with E-state index in [-0.39, 0.29) is 12.1 Å². The molecule has 0 bridgehead atoms. The maximum Gasteiger partial charge on any atom is 0.416 e. The van der Waals surface area contributed by atoms with Gasteiger partial charge in [0.2, 0.25) is 5.88 Å². The highest BCUT2D eigenvalue weighted by Gasteiger charge is 2.32. The number of methoxy groups -OCH3 is 1. The predicted octanol–water partition coefficient (Wildman–Crippen LogP) is 3.99. The standard InChI is InChI=1S/C22H24F3N5O/c1-14-15(4-3-5-19(14)22(23,24)25)13-27-20-18-12-16(30-10-8-26-9-11-30)6-7-17(18)21(31-2)29-28-20/h3-7,12,26H,8-11,13H2,1-2H3,(H,27,28). The van der Waals surface area contributed by atoms with Crippen LogP contribution < -0.4 is 20.3 Å². The van der Waals surface area contributed by atoms with Gasteiger partial charge in [0.15, 0.2) is 5.82 Å². The molecule has 0 amide bonds. The number of nitrogens with one attached hydrogen (secondary N) is 2. The van der Waals surface area contributed by atoms with Crippen molar-refractivity contribution in [3.05, 3.63) is 53.1 Å². The van der Waals surface area contributed by atoms with Gasteiger partial charge in [0.1, 0.15) is 0 Å². The zero-order chi connectivity index (χ0) is 22.0. The Balaban J connectivity index is 1.67. The number of nitrogens with zero attached hydrogens (tertiary/aromatic N) is 3. The molecule has 164 valence electrons. The zero-order valence-corrected chi connectivity index (χ0v) is 17.4. The fraction of sp³-hybridized carbons (Fsp3) is 0.364. The first kappa shape index (κ1) is 21.2. The largest absolute Gasteiger partial charge is 0.479 e. The molecule has 0 saturated carbocycles. The molecule has 2 N–H and O–H groups in total. The Morgan fingerprint density at radius 3 is 2.58 bits per heavy atom. The molecule has 0 atom stereocenters. The highest BCUT2D eigenvalue weighted by molar-refractivity contribution is 5.97. The molecular formula is C22H24F3N5O. The SMILES string of the molecule is COc1nnc(NCc2cccc(C(F)(F)F)c2C)c2cc(N3CCNCC3)ccc12. The van der Waals surface area contributed by atoms with Gasteiger partial charge in [-0.2, -0.15) is 13.2 Å². The van der Waals surface area contributed by atoms with Gasteiger partial charge in [-0.15, -0.1) is 10.2 Å². The lowest BCUT2D eigenvalue weighted by atomic mass is 10.0. The van der Waals surface area contributed by atoms with Crippen molar-refractivity contribution in [3.63, 3.8) is 0 Å². The Hall–Kier alpha value is -3.07. The molecular weight excluding hydrogens is 407 g/mol. The van der Waals surface area contributed by atoms with Gasteiger partial charge in [0, 0.05) is 49.2 Å². The monoisotopic (exact) mass is 431 g/mol. The maximum atomic E-state index is 13.2. The predicted molar refractivity (Wildman–Crippen MR) is 115 cm³/mol. The van der Waals surface area contributed by atoms with Gasteiger partial charge in [0.25, 0.3) is 0 Å². The lowest BCUT2D eigenvalue weighted by molar-refractivity contribution is -0.138. The van der Waals surface area contributed by atoms with Gasteiger partial charge in [0.05, 0.1) is 12.7 Å². The van der Waals surface area contributed by atoms with Crippen molar-refractivity contribution in [2.24, 2.45) is 0 Å². The number of alkyl halides is 3. The van der Waals surface area contributed by atoms with Crippen molar-refractivity contribution in [1.82, 2.24) is 15.5 Å². The molecule has 3 aromatic rings. The molecule has 9 heteroatoms. The van der Waals surface area contributed by atoms with Crippen LogP contribution in [0.1, 0.15) is 16.7 Å². The van der Waals surface area contributed by atoms with Gasteiger partial charge in [-0.1, -0.05) is 12.1 Å². The van der Waals surface area contributed by atoms with Crippen LogP contribution in [0.5, 0.6) is 5.88 Å². The molecule has 1 aliphatic heterocycles. The molecule has 1 aliphatic rings. The molecule has 0 unspecified atom stereocenters. The lowest BCUT2D eigenvalue weighted by Gasteiger charge is -2.29. The van der Waals surface area contributed by atoms with Crippen LogP contribution in [0.2, 0.25) is 0 Å². The average molecular weight is 431 g/mol. The van der Waals surface area contributed by atoms with E-state index in [1.54, 1.807) is 6.07 Å². The van der Waals surface area contributed by atoms with E-state index in [1.165, 1.54) is 20.1 Å². The first-order valence-corrected chi connectivity index (χ1v) is 10.1. The van der Waals surface area contributed by atoms with Crippen LogP contribution >= 0.6 is 0 Å². The molecule has 2 heterocycles. The van der Waals surface area contributed by atoms with E-state index < -0.39 is 11.7 Å². The quantitative estimate of drug-likeness (QED) is 0.637. The summed E-state index contributed by atoms with van der Waals surface area (Å²) >= 11 is 0. The molecule has 6 nitrogen and oxygen atoms in total. The molecule has 0 spiro atoms. The van der Waals surface area contributed by atoms with Gasteiger partial charge in [-0.05, 0) is 42.3 Å². The van der Waals surface area contributed by atoms with Gasteiger partial charge in [-0.3, -0.25) is 0 Å². The minimum Gasteiger partial charge on any atom is -0.479 e. The number of hydrogen-bond acceptors (Lipinski definition) is 6. The van der Waals surface area contributed by atoms with E-state index in [4.69, 9.17) is 4.74 Å². The second kappa shape index (κ2) is 8.58. The fourth-order valence-electron chi connectivity index (χ4n) is 3.88. The Kier molecular flexibility index (Phi) is 5.86. The first-order valence-electron chi connectivity index (χ1n) is 10.1. The molecule has 0 radical (unpaired) electrons. The Bertz CT molecular complexity index is 1080. The summed E-state index contributed by atoms with van der Waals surface area (Å²) in [6.07, 6.45) is -4.38. The lowest BCUT2D eigenvalue weighted by Crippen LogP contribution is -2.43. The number of ether oxygens (including phenoxy) is 1. The molecule has 31 heavy (non-hydrogen) atoms. The van der Waals surface area contributed by atoms with Gasteiger partial charge < -0.3 is 20.3 Å². The van der Waals surface area contributed by atoms with E-state index in [0.717, 1.165) is 48.7 Å². The summed E-state index contributed by atoms with van der Waals surface area (Å²) in [6.45, 7) is 5.30. The second-order valence-electron chi connectivity index (χ2n) is 7.47. The number of halogens is 3. The van der Waals surface area contributed by atoms with E-state index in [0.29, 0.717) is 17.3 Å². The number of aromatic nitrogens is 2. The van der Waals surface area contributed by atoms with E-state index in [9.17, 15) is 13.2 Å². The van der Waals surface area contributed by atoms with Crippen LogP contribution in [0, 0.1) is 6.92 Å². The normalized spacial score (nSPS) is 14.7. The number of piperazine rings is 1. The van der Waals surface area contributed by atoms with Crippen LogP contribution in [0.3, 0.4) is 0 Å². The summed E-state index contributed by atoms with van der Waals surface area (Å²) in [5, 5.41) is 16.5. The zero-order valence-electron chi connectivity index (χ0n) is 17.4. The minimum absolute atomic E-state index is 0.198. The highest BCUT2D eigenvalue weighted by Crippen LogP contribution is 2.34. The Morgan fingerprint density at radius 2 is 1.87 bits per heavy atom. The van der Waals surface area contributed by atoms with Crippen LogP contribution in [-0.4, -0.2) is 43.5 Å². The molecule has 1 saturated heterocycles. The molecule has 1 aromatic heterocycles. The third kappa shape index (κ3) is 4.36. The smallest absolute Gasteiger partial charge is 0.416 e. The Morgan fingerprint density at radius 1 is 1.10 bits per heavy atom. The van der Waals surface area contributed by atoms with Crippen molar-refractivity contribution in [2.75, 3.05) is 43.5 Å². The number of hydrogen-bond donors (Lipinski definition) is 2. The summed E-state index contributed by atoms with van der Waals surface area (Å²) in [5.74, 6) is 0.909. The van der Waals surface area contributed by atoms with Crippen molar-refractivity contribution in [2.45, 2.75) is 19.6 Å². The molecule has 0 aliphatic carbocycles. The maximum absolute atomic E-state index is 13.2. The number of fused-ring (bicyclic) bond motifs is 1. The molecule has 4 rings (SSSR count). The third-order valence-corrected chi connectivity index (χ3v) is 5.60. The van der Waals surface area contributed by atoms with Crippen LogP contribution in [0.4, 0.5) is 24.7 Å². The number of rotatable bonds is 5. The first-order chi connectivity index (χ1) is 14.9. The van der Waals surface area contributed by atoms with E-state index >= 15 is 0 Å². The Labute approximate surface area is 178 Å². The van der Waals surface area contributed by atoms with Crippen LogP contribution in [0.25, 0.3) is 10.8 Å². The topological polar surface area (TPSA) is 62.3 Å².